The zero-order chi connectivity index (χ0) is 18.5. The average Bonchev–Trinajstić information content (AvgIpc) is 2.66. The first-order valence-corrected chi connectivity index (χ1v) is 10.5. The lowest BCUT2D eigenvalue weighted by Crippen LogP contribution is -2.51. The predicted octanol–water partition coefficient (Wildman–Crippen LogP) is 1.38. The van der Waals surface area contributed by atoms with E-state index in [0.717, 1.165) is 50.3 Å². The highest BCUT2D eigenvalue weighted by atomic mass is 32.2. The molecule has 144 valence electrons. The van der Waals surface area contributed by atoms with Gasteiger partial charge in [0.15, 0.2) is 10.4 Å². The van der Waals surface area contributed by atoms with Crippen molar-refractivity contribution in [2.75, 3.05) is 26.2 Å². The van der Waals surface area contributed by atoms with E-state index >= 15 is 0 Å². The number of thioether (sulfide) groups is 1. The fourth-order valence-corrected chi connectivity index (χ4v) is 4.79. The molecule has 3 aliphatic rings. The quantitative estimate of drug-likeness (QED) is 0.750. The molecule has 8 heteroatoms. The van der Waals surface area contributed by atoms with Crippen LogP contribution in [0.3, 0.4) is 0 Å². The highest BCUT2D eigenvalue weighted by Gasteiger charge is 2.37. The van der Waals surface area contributed by atoms with Crippen LogP contribution in [0.5, 0.6) is 0 Å². The fraction of sp³-hybridized carbons (Fsp3) is 0.778. The largest absolute Gasteiger partial charge is 0.341 e. The summed E-state index contributed by atoms with van der Waals surface area (Å²) < 4.78 is 0. The number of nitrogens with one attached hydrogen (secondary N) is 1. The average molecular weight is 381 g/mol. The minimum Gasteiger partial charge on any atom is -0.341 e. The van der Waals surface area contributed by atoms with Gasteiger partial charge in [0, 0.05) is 32.6 Å². The van der Waals surface area contributed by atoms with Crippen molar-refractivity contribution < 1.29 is 14.4 Å². The topological polar surface area (TPSA) is 82.1 Å². The maximum Gasteiger partial charge on any atom is 0.245 e. The Balaban J connectivity index is 1.77. The summed E-state index contributed by atoms with van der Waals surface area (Å²) in [4.78, 5) is 46.1. The molecule has 0 spiro atoms. The molecule has 7 nitrogen and oxygen atoms in total. The van der Waals surface area contributed by atoms with E-state index in [4.69, 9.17) is 0 Å². The minimum absolute atomic E-state index is 0.107. The molecule has 3 aliphatic heterocycles. The summed E-state index contributed by atoms with van der Waals surface area (Å²) >= 11 is 1.11. The molecule has 26 heavy (non-hydrogen) atoms. The Labute approximate surface area is 158 Å². The van der Waals surface area contributed by atoms with Gasteiger partial charge in [0.1, 0.15) is 0 Å². The lowest BCUT2D eigenvalue weighted by molar-refractivity contribution is -0.140. The van der Waals surface area contributed by atoms with E-state index in [1.807, 2.05) is 6.92 Å². The van der Waals surface area contributed by atoms with Crippen molar-refractivity contribution in [1.82, 2.24) is 15.1 Å². The molecule has 0 bridgehead atoms. The second-order valence-electron chi connectivity index (χ2n) is 7.31. The number of piperidine rings is 2. The number of carbonyl (C=O) groups excluding carboxylic acids is 3. The predicted molar refractivity (Wildman–Crippen MR) is 102 cm³/mol. The van der Waals surface area contributed by atoms with Gasteiger partial charge in [-0.25, -0.2) is 0 Å². The second-order valence-corrected chi connectivity index (χ2v) is 8.40. The molecular weight excluding hydrogens is 352 g/mol. The summed E-state index contributed by atoms with van der Waals surface area (Å²) in [6, 6.07) is -0.123. The first kappa shape index (κ1) is 19.2. The van der Waals surface area contributed by atoms with E-state index in [9.17, 15) is 14.4 Å². The van der Waals surface area contributed by atoms with Crippen LogP contribution in [0.1, 0.15) is 51.9 Å². The number of likely N-dealkylation sites (tertiary alicyclic amines) is 2. The number of hydrogen-bond acceptors (Lipinski definition) is 5. The molecule has 0 aliphatic carbocycles. The maximum atomic E-state index is 13.1. The molecule has 3 heterocycles. The van der Waals surface area contributed by atoms with Crippen LogP contribution in [-0.4, -0.2) is 70.2 Å². The van der Waals surface area contributed by atoms with Crippen LogP contribution in [0.4, 0.5) is 0 Å². The Morgan fingerprint density at radius 1 is 1.00 bits per heavy atom. The standard InChI is InChI=1S/C18H28N4O3S/c1-13-12-14(23)20-18(19-13)26-15(16(24)21-8-4-2-5-9-21)17(25)22-10-6-3-7-11-22/h13,15H,2-12H2,1H3,(H,19,20,23)/t13-/m1/s1. The lowest BCUT2D eigenvalue weighted by atomic mass is 10.1. The second kappa shape index (κ2) is 8.88. The van der Waals surface area contributed by atoms with Gasteiger partial charge < -0.3 is 15.1 Å². The van der Waals surface area contributed by atoms with E-state index in [0.29, 0.717) is 37.8 Å². The third kappa shape index (κ3) is 4.78. The van der Waals surface area contributed by atoms with E-state index in [-0.39, 0.29) is 23.8 Å². The number of nitrogens with zero attached hydrogens (tertiary/aromatic N) is 3. The highest BCUT2D eigenvalue weighted by molar-refractivity contribution is 8.15. The highest BCUT2D eigenvalue weighted by Crippen LogP contribution is 2.24. The molecule has 0 radical (unpaired) electrons. The molecule has 2 fully saturated rings. The molecule has 0 aromatic heterocycles. The first-order valence-electron chi connectivity index (χ1n) is 9.66. The zero-order valence-electron chi connectivity index (χ0n) is 15.4. The summed E-state index contributed by atoms with van der Waals surface area (Å²) in [5, 5.41) is 2.27. The van der Waals surface area contributed by atoms with E-state index in [1.165, 1.54) is 0 Å². The third-order valence-electron chi connectivity index (χ3n) is 5.08. The van der Waals surface area contributed by atoms with Crippen molar-refractivity contribution in [2.24, 2.45) is 4.99 Å². The Bertz CT molecular complexity index is 553. The molecule has 0 unspecified atom stereocenters. The van der Waals surface area contributed by atoms with Gasteiger partial charge in [-0.1, -0.05) is 11.8 Å². The van der Waals surface area contributed by atoms with Crippen LogP contribution in [-0.2, 0) is 14.4 Å². The molecule has 0 aromatic carbocycles. The number of carbonyl (C=O) groups is 3. The number of amidine groups is 1. The molecule has 2 saturated heterocycles. The summed E-state index contributed by atoms with van der Waals surface area (Å²) in [5.41, 5.74) is 0. The van der Waals surface area contributed by atoms with Crippen LogP contribution in [0.2, 0.25) is 0 Å². The smallest absolute Gasteiger partial charge is 0.245 e. The van der Waals surface area contributed by atoms with Gasteiger partial charge in [0.2, 0.25) is 17.7 Å². The summed E-state index contributed by atoms with van der Waals surface area (Å²) in [5.74, 6) is -0.384. The zero-order valence-corrected chi connectivity index (χ0v) is 16.2. The van der Waals surface area contributed by atoms with Crippen molar-refractivity contribution in [3.63, 3.8) is 0 Å². The Morgan fingerprint density at radius 3 is 1.96 bits per heavy atom. The van der Waals surface area contributed by atoms with Gasteiger partial charge in [-0.05, 0) is 45.4 Å². The summed E-state index contributed by atoms with van der Waals surface area (Å²) in [6.45, 7) is 4.70. The van der Waals surface area contributed by atoms with Crippen LogP contribution < -0.4 is 5.32 Å². The van der Waals surface area contributed by atoms with Crippen LogP contribution in [0, 0.1) is 0 Å². The number of aliphatic imine (C=N–C) groups is 1. The van der Waals surface area contributed by atoms with E-state index in [1.54, 1.807) is 9.80 Å². The molecule has 0 saturated carbocycles. The number of rotatable bonds is 3. The van der Waals surface area contributed by atoms with Gasteiger partial charge in [-0.2, -0.15) is 0 Å². The molecular formula is C18H28N4O3S. The monoisotopic (exact) mass is 380 g/mol. The molecule has 3 rings (SSSR count). The van der Waals surface area contributed by atoms with E-state index in [2.05, 4.69) is 10.3 Å². The van der Waals surface area contributed by atoms with Crippen molar-refractivity contribution in [3.8, 4) is 0 Å². The van der Waals surface area contributed by atoms with Crippen LogP contribution in [0.15, 0.2) is 4.99 Å². The number of hydrogen-bond donors (Lipinski definition) is 1. The van der Waals surface area contributed by atoms with Crippen LogP contribution in [0.25, 0.3) is 0 Å². The van der Waals surface area contributed by atoms with Crippen molar-refractivity contribution in [3.05, 3.63) is 0 Å². The van der Waals surface area contributed by atoms with Crippen LogP contribution >= 0.6 is 11.8 Å². The fourth-order valence-electron chi connectivity index (χ4n) is 3.65. The van der Waals surface area contributed by atoms with Gasteiger partial charge in [-0.15, -0.1) is 0 Å². The van der Waals surface area contributed by atoms with Gasteiger partial charge in [0.25, 0.3) is 0 Å². The Kier molecular flexibility index (Phi) is 6.56. The lowest BCUT2D eigenvalue weighted by Gasteiger charge is -2.34. The summed E-state index contributed by atoms with van der Waals surface area (Å²) in [6.07, 6.45) is 6.52. The Hall–Kier alpha value is -1.57. The Morgan fingerprint density at radius 2 is 1.50 bits per heavy atom. The maximum absolute atomic E-state index is 13.1. The molecule has 1 N–H and O–H groups in total. The van der Waals surface area contributed by atoms with Crippen molar-refractivity contribution >= 4 is 34.7 Å². The number of amides is 3. The van der Waals surface area contributed by atoms with E-state index < -0.39 is 5.25 Å². The minimum atomic E-state index is -0.851. The molecule has 3 amide bonds. The molecule has 0 aromatic rings. The normalized spacial score (nSPS) is 24.3. The van der Waals surface area contributed by atoms with Crippen molar-refractivity contribution in [1.29, 1.82) is 0 Å². The SMILES string of the molecule is C[C@@H]1CC(=O)NC(SC(C(=O)N2CCCCC2)C(=O)N2CCCCC2)=N1. The molecule has 1 atom stereocenters. The van der Waals surface area contributed by atoms with Crippen molar-refractivity contribution in [2.45, 2.75) is 63.2 Å². The van der Waals surface area contributed by atoms with Gasteiger partial charge in [-0.3, -0.25) is 19.4 Å². The summed E-state index contributed by atoms with van der Waals surface area (Å²) in [7, 11) is 0. The van der Waals surface area contributed by atoms with Gasteiger partial charge in [0.05, 0.1) is 6.04 Å². The third-order valence-corrected chi connectivity index (χ3v) is 6.15. The van der Waals surface area contributed by atoms with Gasteiger partial charge >= 0.3 is 0 Å². The first-order chi connectivity index (χ1) is 12.5.